The summed E-state index contributed by atoms with van der Waals surface area (Å²) in [7, 11) is 0. The quantitative estimate of drug-likeness (QED) is 0.0263. The number of ether oxygens (including phenoxy) is 3. The summed E-state index contributed by atoms with van der Waals surface area (Å²) >= 11 is 0. The summed E-state index contributed by atoms with van der Waals surface area (Å²) in [6.45, 7) is 6.26. The first kappa shape index (κ1) is 57.8. The van der Waals surface area contributed by atoms with Crippen LogP contribution in [0.3, 0.4) is 0 Å². The summed E-state index contributed by atoms with van der Waals surface area (Å²) in [6.07, 6.45) is 67.6. The highest BCUT2D eigenvalue weighted by Crippen LogP contribution is 2.11. The van der Waals surface area contributed by atoms with Crippen molar-refractivity contribution >= 4 is 17.9 Å². The van der Waals surface area contributed by atoms with Gasteiger partial charge in [0.1, 0.15) is 13.2 Å². The van der Waals surface area contributed by atoms with Crippen molar-refractivity contribution in [3.8, 4) is 0 Å². The summed E-state index contributed by atoms with van der Waals surface area (Å²) in [5.41, 5.74) is 0. The van der Waals surface area contributed by atoms with Crippen LogP contribution in [0.5, 0.6) is 0 Å². The van der Waals surface area contributed by atoms with E-state index in [1.807, 2.05) is 0 Å². The first-order valence-electron chi connectivity index (χ1n) is 24.5. The summed E-state index contributed by atoms with van der Waals surface area (Å²) in [5.74, 6) is -1.03. The monoisotopic (exact) mass is 857 g/mol. The highest BCUT2D eigenvalue weighted by molar-refractivity contribution is 5.71. The fraction of sp³-hybridized carbons (Fsp3) is 0.589. The molecule has 62 heavy (non-hydrogen) atoms. The van der Waals surface area contributed by atoms with Gasteiger partial charge < -0.3 is 14.2 Å². The van der Waals surface area contributed by atoms with Crippen LogP contribution in [0.1, 0.15) is 194 Å². The molecule has 0 aromatic rings. The molecule has 0 heterocycles. The normalized spacial score (nSPS) is 13.1. The molecule has 0 aliphatic carbocycles. The molecule has 0 spiro atoms. The minimum atomic E-state index is -0.823. The Kier molecular flexibility index (Phi) is 46.1. The maximum absolute atomic E-state index is 12.8. The van der Waals surface area contributed by atoms with Crippen molar-refractivity contribution < 1.29 is 28.6 Å². The van der Waals surface area contributed by atoms with E-state index in [2.05, 4.69) is 142 Å². The first-order valence-corrected chi connectivity index (χ1v) is 24.5. The van der Waals surface area contributed by atoms with Gasteiger partial charge in [0.25, 0.3) is 0 Å². The van der Waals surface area contributed by atoms with Crippen molar-refractivity contribution in [3.05, 3.63) is 122 Å². The van der Waals surface area contributed by atoms with Gasteiger partial charge in [-0.25, -0.2) is 0 Å². The zero-order chi connectivity index (χ0) is 45.1. The van der Waals surface area contributed by atoms with Crippen molar-refractivity contribution in [3.63, 3.8) is 0 Å². The van der Waals surface area contributed by atoms with E-state index in [4.69, 9.17) is 14.2 Å². The SMILES string of the molecule is CC/C=C\C/C=C\C/C=C\C/C=C\C/C=C\CCCC(=O)OCC(COC(=O)CCCCCCC/C=C\CCCC)OC(=O)CCCCC/C=C\C/C=C\C/C=C\C/C=C\CC. The van der Waals surface area contributed by atoms with Gasteiger partial charge in [0.15, 0.2) is 6.10 Å². The van der Waals surface area contributed by atoms with Gasteiger partial charge in [-0.3, -0.25) is 14.4 Å². The Bertz CT molecular complexity index is 1350. The van der Waals surface area contributed by atoms with Crippen molar-refractivity contribution in [1.82, 2.24) is 0 Å². The van der Waals surface area contributed by atoms with E-state index in [9.17, 15) is 14.4 Å². The molecule has 0 aliphatic rings. The number of carbonyl (C=O) groups excluding carboxylic acids is 3. The molecule has 1 atom stereocenters. The van der Waals surface area contributed by atoms with Crippen molar-refractivity contribution in [1.29, 1.82) is 0 Å². The molecule has 1 unspecified atom stereocenters. The lowest BCUT2D eigenvalue weighted by atomic mass is 10.1. The topological polar surface area (TPSA) is 78.9 Å². The largest absolute Gasteiger partial charge is 0.462 e. The first-order chi connectivity index (χ1) is 30.5. The predicted molar refractivity (Wildman–Crippen MR) is 265 cm³/mol. The van der Waals surface area contributed by atoms with Gasteiger partial charge in [-0.1, -0.05) is 181 Å². The molecule has 0 radical (unpaired) electrons. The van der Waals surface area contributed by atoms with E-state index in [1.165, 1.54) is 25.7 Å². The molecular formula is C56H88O6. The standard InChI is InChI=1S/C56H88O6/c1-4-7-10-13-16-19-22-24-26-28-30-31-34-37-40-43-46-49-55(58)61-52-53(51-60-54(57)48-45-42-39-36-33-21-18-15-12-9-6-3)62-56(59)50-47-44-41-38-35-32-29-27-25-23-20-17-14-11-8-5-2/h7-8,10-11,15-20,24-27,30-32,35,37,40,53H,4-6,9,12-14,21-23,28-29,33-34,36,38-39,41-52H2,1-3H3/b10-7-,11-8-,18-15-,19-16-,20-17-,26-24-,27-25-,31-30-,35-32-,40-37-. The fourth-order valence-electron chi connectivity index (χ4n) is 6.04. The minimum Gasteiger partial charge on any atom is -0.462 e. The zero-order valence-corrected chi connectivity index (χ0v) is 39.6. The van der Waals surface area contributed by atoms with Gasteiger partial charge >= 0.3 is 17.9 Å². The second-order valence-electron chi connectivity index (χ2n) is 15.6. The Morgan fingerprint density at radius 3 is 1.08 bits per heavy atom. The second kappa shape index (κ2) is 49.5. The summed E-state index contributed by atoms with van der Waals surface area (Å²) < 4.78 is 16.7. The lowest BCUT2D eigenvalue weighted by Gasteiger charge is -2.18. The number of rotatable bonds is 42. The molecule has 6 heteroatoms. The average Bonchev–Trinajstić information content (AvgIpc) is 3.27. The number of hydrogen-bond donors (Lipinski definition) is 0. The molecule has 0 aromatic carbocycles. The van der Waals surface area contributed by atoms with Crippen LogP contribution < -0.4 is 0 Å². The zero-order valence-electron chi connectivity index (χ0n) is 39.6. The molecule has 0 saturated carbocycles. The molecule has 0 rings (SSSR count). The Labute approximate surface area is 380 Å². The number of esters is 3. The number of carbonyl (C=O) groups is 3. The van der Waals surface area contributed by atoms with Crippen LogP contribution >= 0.6 is 0 Å². The molecule has 0 saturated heterocycles. The van der Waals surface area contributed by atoms with E-state index >= 15 is 0 Å². The maximum atomic E-state index is 12.8. The van der Waals surface area contributed by atoms with E-state index < -0.39 is 6.10 Å². The molecule has 0 amide bonds. The van der Waals surface area contributed by atoms with Crippen molar-refractivity contribution in [2.45, 2.75) is 200 Å². The van der Waals surface area contributed by atoms with Crippen LogP contribution in [0.15, 0.2) is 122 Å². The second-order valence-corrected chi connectivity index (χ2v) is 15.6. The van der Waals surface area contributed by atoms with Gasteiger partial charge in [-0.05, 0) is 116 Å². The van der Waals surface area contributed by atoms with Gasteiger partial charge in [-0.15, -0.1) is 0 Å². The fourth-order valence-corrected chi connectivity index (χ4v) is 6.04. The smallest absolute Gasteiger partial charge is 0.306 e. The number of allylic oxidation sites excluding steroid dienone is 20. The third-order valence-corrected chi connectivity index (χ3v) is 9.68. The Balaban J connectivity index is 4.56. The number of unbranched alkanes of at least 4 members (excludes halogenated alkanes) is 11. The molecule has 0 aliphatic heterocycles. The Morgan fingerprint density at radius 2 is 0.645 bits per heavy atom. The lowest BCUT2D eigenvalue weighted by molar-refractivity contribution is -0.167. The Hall–Kier alpha value is -4.19. The Morgan fingerprint density at radius 1 is 0.339 bits per heavy atom. The molecule has 0 N–H and O–H groups in total. The molecular weight excluding hydrogens is 769 g/mol. The van der Waals surface area contributed by atoms with E-state index in [0.29, 0.717) is 19.3 Å². The number of hydrogen-bond acceptors (Lipinski definition) is 6. The van der Waals surface area contributed by atoms with Crippen LogP contribution in [0, 0.1) is 0 Å². The van der Waals surface area contributed by atoms with Crippen LogP contribution in [0.2, 0.25) is 0 Å². The van der Waals surface area contributed by atoms with E-state index in [1.54, 1.807) is 0 Å². The molecule has 6 nitrogen and oxygen atoms in total. The molecule has 0 fully saturated rings. The summed E-state index contributed by atoms with van der Waals surface area (Å²) in [6, 6.07) is 0. The van der Waals surface area contributed by atoms with E-state index in [0.717, 1.165) is 116 Å². The van der Waals surface area contributed by atoms with Crippen LogP contribution in [0.4, 0.5) is 0 Å². The summed E-state index contributed by atoms with van der Waals surface area (Å²) in [4.78, 5) is 37.9. The minimum absolute atomic E-state index is 0.117. The van der Waals surface area contributed by atoms with Crippen molar-refractivity contribution in [2.24, 2.45) is 0 Å². The van der Waals surface area contributed by atoms with Crippen molar-refractivity contribution in [2.75, 3.05) is 13.2 Å². The average molecular weight is 857 g/mol. The van der Waals surface area contributed by atoms with Gasteiger partial charge in [0.05, 0.1) is 0 Å². The van der Waals surface area contributed by atoms with Gasteiger partial charge in [0, 0.05) is 19.3 Å². The highest BCUT2D eigenvalue weighted by atomic mass is 16.6. The molecule has 0 aromatic heterocycles. The van der Waals surface area contributed by atoms with Gasteiger partial charge in [0.2, 0.25) is 0 Å². The maximum Gasteiger partial charge on any atom is 0.306 e. The van der Waals surface area contributed by atoms with Crippen LogP contribution in [-0.4, -0.2) is 37.2 Å². The van der Waals surface area contributed by atoms with Crippen LogP contribution in [-0.2, 0) is 28.6 Å². The third kappa shape index (κ3) is 46.9. The van der Waals surface area contributed by atoms with Crippen LogP contribution in [0.25, 0.3) is 0 Å². The van der Waals surface area contributed by atoms with Gasteiger partial charge in [-0.2, -0.15) is 0 Å². The summed E-state index contributed by atoms with van der Waals surface area (Å²) in [5, 5.41) is 0. The predicted octanol–water partition coefficient (Wildman–Crippen LogP) is 16.1. The third-order valence-electron chi connectivity index (χ3n) is 9.68. The highest BCUT2D eigenvalue weighted by Gasteiger charge is 2.19. The molecule has 348 valence electrons. The lowest BCUT2D eigenvalue weighted by Crippen LogP contribution is -2.30. The van der Waals surface area contributed by atoms with E-state index in [-0.39, 0.29) is 44.0 Å². The molecule has 0 bridgehead atoms.